The average molecular weight is 115 g/mol. The van der Waals surface area contributed by atoms with E-state index in [1.54, 1.807) is 0 Å². The van der Waals surface area contributed by atoms with Gasteiger partial charge in [0.15, 0.2) is 0 Å². The summed E-state index contributed by atoms with van der Waals surface area (Å²) in [4.78, 5) is 0. The molecule has 0 aromatic rings. The van der Waals surface area contributed by atoms with Gasteiger partial charge in [-0.2, -0.15) is 0 Å². The third kappa shape index (κ3) is 4.15. The molecular formula is C5H12BO2. The van der Waals surface area contributed by atoms with Crippen LogP contribution < -0.4 is 0 Å². The van der Waals surface area contributed by atoms with Crippen LogP contribution in [-0.2, 0) is 4.65 Å². The summed E-state index contributed by atoms with van der Waals surface area (Å²) in [5, 5.41) is 8.12. The first-order valence-electron chi connectivity index (χ1n) is 2.92. The molecule has 0 fully saturated rings. The Labute approximate surface area is 51.2 Å². The molecule has 0 aliphatic rings. The second kappa shape index (κ2) is 5.13. The second-order valence-corrected chi connectivity index (χ2v) is 1.84. The molecule has 2 nitrogen and oxygen atoms in total. The van der Waals surface area contributed by atoms with Crippen LogP contribution in [0.15, 0.2) is 0 Å². The highest BCUT2D eigenvalue weighted by Gasteiger charge is 1.97. The van der Waals surface area contributed by atoms with E-state index in [9.17, 15) is 0 Å². The van der Waals surface area contributed by atoms with Crippen molar-refractivity contribution in [3.05, 3.63) is 0 Å². The summed E-state index contributed by atoms with van der Waals surface area (Å²) in [5.41, 5.74) is 0. The first-order chi connectivity index (χ1) is 3.81. The zero-order valence-electron chi connectivity index (χ0n) is 5.42. The lowest BCUT2D eigenvalue weighted by molar-refractivity contribution is 0.190. The minimum absolute atomic E-state index is 0.157. The van der Waals surface area contributed by atoms with Crippen molar-refractivity contribution >= 4 is 7.69 Å². The van der Waals surface area contributed by atoms with Crippen LogP contribution in [0.1, 0.15) is 26.7 Å². The van der Waals surface area contributed by atoms with Crippen LogP contribution in [0.5, 0.6) is 0 Å². The molecule has 1 unspecified atom stereocenters. The third-order valence-corrected chi connectivity index (χ3v) is 0.988. The zero-order valence-corrected chi connectivity index (χ0v) is 5.42. The summed E-state index contributed by atoms with van der Waals surface area (Å²) >= 11 is 0. The van der Waals surface area contributed by atoms with Crippen LogP contribution in [0.4, 0.5) is 0 Å². The highest BCUT2D eigenvalue weighted by atomic mass is 16.5. The van der Waals surface area contributed by atoms with Gasteiger partial charge < -0.3 is 9.68 Å². The van der Waals surface area contributed by atoms with Gasteiger partial charge in [0, 0.05) is 6.10 Å². The van der Waals surface area contributed by atoms with Gasteiger partial charge >= 0.3 is 7.69 Å². The fraction of sp³-hybridized carbons (Fsp3) is 1.00. The lowest BCUT2D eigenvalue weighted by Gasteiger charge is -2.06. The van der Waals surface area contributed by atoms with E-state index in [0.29, 0.717) is 0 Å². The molecule has 8 heavy (non-hydrogen) atoms. The summed E-state index contributed by atoms with van der Waals surface area (Å²) in [6.07, 6.45) is 2.25. The molecular weight excluding hydrogens is 103 g/mol. The first-order valence-corrected chi connectivity index (χ1v) is 2.92. The molecule has 0 amide bonds. The second-order valence-electron chi connectivity index (χ2n) is 1.84. The van der Waals surface area contributed by atoms with Gasteiger partial charge in [-0.3, -0.25) is 0 Å². The maximum absolute atomic E-state index is 8.12. The third-order valence-electron chi connectivity index (χ3n) is 0.988. The van der Waals surface area contributed by atoms with Gasteiger partial charge in [0.25, 0.3) is 0 Å². The van der Waals surface area contributed by atoms with Crippen molar-refractivity contribution < 1.29 is 9.68 Å². The van der Waals surface area contributed by atoms with Crippen molar-refractivity contribution in [1.82, 2.24) is 0 Å². The van der Waals surface area contributed by atoms with Crippen LogP contribution in [0.25, 0.3) is 0 Å². The molecule has 1 N–H and O–H groups in total. The summed E-state index contributed by atoms with van der Waals surface area (Å²) < 4.78 is 4.71. The maximum Gasteiger partial charge on any atom is 0.485 e. The van der Waals surface area contributed by atoms with Crippen molar-refractivity contribution in [2.75, 3.05) is 0 Å². The van der Waals surface area contributed by atoms with E-state index in [4.69, 9.17) is 9.68 Å². The molecule has 0 saturated carbocycles. The van der Waals surface area contributed by atoms with Crippen LogP contribution in [0, 0.1) is 0 Å². The highest BCUT2D eigenvalue weighted by molar-refractivity contribution is 6.15. The smallest absolute Gasteiger partial charge is 0.429 e. The van der Waals surface area contributed by atoms with Crippen LogP contribution in [-0.4, -0.2) is 18.8 Å². The molecule has 0 aromatic carbocycles. The predicted molar refractivity (Wildman–Crippen MR) is 33.4 cm³/mol. The minimum atomic E-state index is 0.157. The monoisotopic (exact) mass is 115 g/mol. The molecule has 47 valence electrons. The molecule has 0 aliphatic heterocycles. The minimum Gasteiger partial charge on any atom is -0.429 e. The van der Waals surface area contributed by atoms with Gasteiger partial charge in [-0.1, -0.05) is 13.3 Å². The van der Waals surface area contributed by atoms with Gasteiger partial charge in [0.05, 0.1) is 0 Å². The highest BCUT2D eigenvalue weighted by Crippen LogP contribution is 1.97. The number of rotatable bonds is 4. The Balaban J connectivity index is 2.92. The summed E-state index contributed by atoms with van der Waals surface area (Å²) in [6.45, 7) is 4.01. The topological polar surface area (TPSA) is 29.5 Å². The average Bonchev–Trinajstić information content (AvgIpc) is 1.68. The van der Waals surface area contributed by atoms with Crippen LogP contribution >= 0.6 is 0 Å². The molecule has 3 heteroatoms. The Morgan fingerprint density at radius 2 is 2.38 bits per heavy atom. The van der Waals surface area contributed by atoms with E-state index >= 15 is 0 Å². The molecule has 1 radical (unpaired) electrons. The predicted octanol–water partition coefficient (Wildman–Crippen LogP) is 0.718. The van der Waals surface area contributed by atoms with E-state index in [1.165, 1.54) is 0 Å². The molecule has 0 rings (SSSR count). The molecule has 0 aromatic heterocycles. The van der Waals surface area contributed by atoms with E-state index < -0.39 is 0 Å². The lowest BCUT2D eigenvalue weighted by Crippen LogP contribution is -2.10. The normalized spacial score (nSPS) is 13.4. The van der Waals surface area contributed by atoms with Crippen LogP contribution in [0.2, 0.25) is 0 Å². The quantitative estimate of drug-likeness (QED) is 0.547. The van der Waals surface area contributed by atoms with Gasteiger partial charge in [-0.25, -0.2) is 0 Å². The van der Waals surface area contributed by atoms with Crippen molar-refractivity contribution in [2.24, 2.45) is 0 Å². The Morgan fingerprint density at radius 1 is 1.75 bits per heavy atom. The SMILES string of the molecule is CCCC(C)O[B]O. The van der Waals surface area contributed by atoms with E-state index in [2.05, 4.69) is 6.92 Å². The fourth-order valence-electron chi connectivity index (χ4n) is 0.578. The van der Waals surface area contributed by atoms with E-state index in [0.717, 1.165) is 20.5 Å². The van der Waals surface area contributed by atoms with Crippen molar-refractivity contribution in [3.63, 3.8) is 0 Å². The standard InChI is InChI=1S/C5H12BO2/c1-3-4-5(2)8-6-7/h5,7H,3-4H2,1-2H3. The Hall–Kier alpha value is -0.0151. The molecule has 1 atom stereocenters. The van der Waals surface area contributed by atoms with E-state index in [-0.39, 0.29) is 6.10 Å². The van der Waals surface area contributed by atoms with Gasteiger partial charge in [-0.05, 0) is 13.3 Å². The zero-order chi connectivity index (χ0) is 6.41. The number of hydrogen-bond acceptors (Lipinski definition) is 2. The first kappa shape index (κ1) is 7.98. The number of hydrogen-bond donors (Lipinski definition) is 1. The fourth-order valence-corrected chi connectivity index (χ4v) is 0.578. The summed E-state index contributed by atoms with van der Waals surface area (Å²) in [6, 6.07) is 0. The molecule has 0 aliphatic carbocycles. The van der Waals surface area contributed by atoms with Gasteiger partial charge in [0.2, 0.25) is 0 Å². The molecule has 0 saturated heterocycles. The Bertz CT molecular complexity index is 43.7. The largest absolute Gasteiger partial charge is 0.485 e. The lowest BCUT2D eigenvalue weighted by atomic mass is 10.2. The van der Waals surface area contributed by atoms with Crippen molar-refractivity contribution in [2.45, 2.75) is 32.8 Å². The summed E-state index contributed by atoms with van der Waals surface area (Å²) in [7, 11) is 0.750. The van der Waals surface area contributed by atoms with Crippen LogP contribution in [0.3, 0.4) is 0 Å². The summed E-state index contributed by atoms with van der Waals surface area (Å²) in [5.74, 6) is 0. The molecule has 0 bridgehead atoms. The molecule has 0 heterocycles. The van der Waals surface area contributed by atoms with E-state index in [1.807, 2.05) is 6.92 Å². The molecule has 0 spiro atoms. The van der Waals surface area contributed by atoms with Crippen molar-refractivity contribution in [3.8, 4) is 0 Å². The van der Waals surface area contributed by atoms with Gasteiger partial charge in [-0.15, -0.1) is 0 Å². The van der Waals surface area contributed by atoms with Crippen molar-refractivity contribution in [1.29, 1.82) is 0 Å². The van der Waals surface area contributed by atoms with Gasteiger partial charge in [0.1, 0.15) is 0 Å². The maximum atomic E-state index is 8.12. The Kier molecular flexibility index (Phi) is 5.12. The Morgan fingerprint density at radius 3 is 2.75 bits per heavy atom.